The lowest BCUT2D eigenvalue weighted by molar-refractivity contribution is -0.128. The van der Waals surface area contributed by atoms with E-state index < -0.39 is 0 Å². The van der Waals surface area contributed by atoms with Gasteiger partial charge in [0.2, 0.25) is 0 Å². The Bertz CT molecular complexity index is 938. The van der Waals surface area contributed by atoms with Crippen molar-refractivity contribution in [1.29, 1.82) is 0 Å². The molecule has 32 heavy (non-hydrogen) atoms. The van der Waals surface area contributed by atoms with Crippen molar-refractivity contribution >= 4 is 6.21 Å². The van der Waals surface area contributed by atoms with E-state index in [4.69, 9.17) is 18.9 Å². The molecule has 3 rings (SSSR count). The normalized spacial score (nSPS) is 11.2. The fraction of sp³-hybridized carbons (Fsp3) is 0.296. The van der Waals surface area contributed by atoms with Crippen molar-refractivity contribution in [1.82, 2.24) is 0 Å². The van der Waals surface area contributed by atoms with Crippen LogP contribution in [0.2, 0.25) is 0 Å². The summed E-state index contributed by atoms with van der Waals surface area (Å²) in [6.07, 6.45) is 1.48. The van der Waals surface area contributed by atoms with Gasteiger partial charge in [0.05, 0.1) is 6.54 Å². The zero-order valence-corrected chi connectivity index (χ0v) is 18.8. The van der Waals surface area contributed by atoms with Crippen LogP contribution in [0.15, 0.2) is 83.9 Å². The highest BCUT2D eigenvalue weighted by atomic mass is 16.7. The zero-order valence-electron chi connectivity index (χ0n) is 18.8. The lowest BCUT2D eigenvalue weighted by Crippen LogP contribution is -2.20. The summed E-state index contributed by atoms with van der Waals surface area (Å²) in [7, 11) is 0. The molecule has 0 spiro atoms. The smallest absolute Gasteiger partial charge is 0.176 e. The molecule has 0 unspecified atom stereocenters. The van der Waals surface area contributed by atoms with Gasteiger partial charge in [-0.25, -0.2) is 0 Å². The molecule has 3 aromatic carbocycles. The Morgan fingerprint density at radius 2 is 1.28 bits per heavy atom. The molecule has 0 aromatic heterocycles. The molecule has 0 radical (unpaired) electrons. The topological polar surface area (TPSA) is 49.3 Å². The van der Waals surface area contributed by atoms with Gasteiger partial charge in [0.25, 0.3) is 0 Å². The Kier molecular flexibility index (Phi) is 9.77. The van der Waals surface area contributed by atoms with Crippen molar-refractivity contribution in [3.05, 3.63) is 95.6 Å². The van der Waals surface area contributed by atoms with Crippen molar-refractivity contribution in [2.75, 3.05) is 19.8 Å². The first-order chi connectivity index (χ1) is 15.8. The third kappa shape index (κ3) is 7.84. The van der Waals surface area contributed by atoms with E-state index in [1.165, 1.54) is 0 Å². The Hall–Kier alpha value is -3.15. The van der Waals surface area contributed by atoms with Gasteiger partial charge in [-0.1, -0.05) is 60.7 Å². The Morgan fingerprint density at radius 1 is 0.719 bits per heavy atom. The summed E-state index contributed by atoms with van der Waals surface area (Å²) in [6, 6.07) is 26.0. The predicted octanol–water partition coefficient (Wildman–Crippen LogP) is 5.66. The average Bonchev–Trinajstić information content (AvgIpc) is 2.83. The molecule has 0 aliphatic rings. The molecule has 5 nitrogen and oxygen atoms in total. The van der Waals surface area contributed by atoms with Crippen LogP contribution < -0.4 is 9.47 Å². The summed E-state index contributed by atoms with van der Waals surface area (Å²) in [5.41, 5.74) is 3.12. The van der Waals surface area contributed by atoms with Gasteiger partial charge in [-0.3, -0.25) is 4.99 Å². The van der Waals surface area contributed by atoms with Gasteiger partial charge in [0, 0.05) is 19.4 Å². The highest BCUT2D eigenvalue weighted by molar-refractivity contribution is 5.80. The summed E-state index contributed by atoms with van der Waals surface area (Å²) in [5.74, 6) is 1.38. The lowest BCUT2D eigenvalue weighted by Gasteiger charge is -2.15. The molecular weight excluding hydrogens is 402 g/mol. The standard InChI is InChI=1S/C27H31NO4/c1-3-29-27(30-4-2)19-28-18-24-15-16-25(31-20-22-11-7-5-8-12-22)26(17-24)32-21-23-13-9-6-10-14-23/h5-18,27H,3-4,19-21H2,1-2H3. The zero-order chi connectivity index (χ0) is 22.4. The van der Waals surface area contributed by atoms with Gasteiger partial charge < -0.3 is 18.9 Å². The molecule has 0 saturated carbocycles. The van der Waals surface area contributed by atoms with Gasteiger partial charge in [-0.2, -0.15) is 0 Å². The second-order valence-electron chi connectivity index (χ2n) is 7.09. The summed E-state index contributed by atoms with van der Waals surface area (Å²) >= 11 is 0. The monoisotopic (exact) mass is 433 g/mol. The molecule has 3 aromatic rings. The summed E-state index contributed by atoms with van der Waals surface area (Å²) in [6.45, 7) is 6.44. The molecule has 0 bridgehead atoms. The number of hydrogen-bond acceptors (Lipinski definition) is 5. The summed E-state index contributed by atoms with van der Waals surface area (Å²) in [4.78, 5) is 4.49. The summed E-state index contributed by atoms with van der Waals surface area (Å²) in [5, 5.41) is 0. The van der Waals surface area contributed by atoms with Gasteiger partial charge in [-0.05, 0) is 48.7 Å². The molecule has 5 heteroatoms. The maximum Gasteiger partial charge on any atom is 0.176 e. The fourth-order valence-electron chi connectivity index (χ4n) is 3.08. The first-order valence-corrected chi connectivity index (χ1v) is 11.0. The molecule has 0 N–H and O–H groups in total. The van der Waals surface area contributed by atoms with E-state index in [2.05, 4.69) is 4.99 Å². The third-order valence-corrected chi connectivity index (χ3v) is 4.64. The maximum atomic E-state index is 6.12. The summed E-state index contributed by atoms with van der Waals surface area (Å²) < 4.78 is 23.3. The average molecular weight is 434 g/mol. The van der Waals surface area contributed by atoms with Crippen LogP contribution in [0.4, 0.5) is 0 Å². The van der Waals surface area contributed by atoms with Gasteiger partial charge in [-0.15, -0.1) is 0 Å². The molecule has 0 saturated heterocycles. The minimum absolute atomic E-state index is 0.330. The number of nitrogens with zero attached hydrogens (tertiary/aromatic N) is 1. The molecule has 0 heterocycles. The number of hydrogen-bond donors (Lipinski definition) is 0. The minimum Gasteiger partial charge on any atom is -0.485 e. The van der Waals surface area contributed by atoms with Crippen molar-refractivity contribution < 1.29 is 18.9 Å². The van der Waals surface area contributed by atoms with Gasteiger partial charge >= 0.3 is 0 Å². The molecule has 0 amide bonds. The number of aliphatic imine (C=N–C) groups is 1. The van der Waals surface area contributed by atoms with Crippen LogP contribution in [0.3, 0.4) is 0 Å². The molecule has 0 aliphatic carbocycles. The SMILES string of the molecule is CCOC(CN=Cc1ccc(OCc2ccccc2)c(OCc2ccccc2)c1)OCC. The third-order valence-electron chi connectivity index (χ3n) is 4.64. The van der Waals surface area contributed by atoms with Crippen LogP contribution in [0.5, 0.6) is 11.5 Å². The van der Waals surface area contributed by atoms with Gasteiger partial charge in [0.15, 0.2) is 17.8 Å². The van der Waals surface area contributed by atoms with E-state index in [0.29, 0.717) is 44.5 Å². The Balaban J connectivity index is 1.71. The lowest BCUT2D eigenvalue weighted by atomic mass is 10.2. The Morgan fingerprint density at radius 3 is 1.84 bits per heavy atom. The number of benzene rings is 3. The van der Waals surface area contributed by atoms with E-state index in [9.17, 15) is 0 Å². The molecule has 0 fully saturated rings. The van der Waals surface area contributed by atoms with Crippen LogP contribution in [0.1, 0.15) is 30.5 Å². The van der Waals surface area contributed by atoms with Crippen molar-refractivity contribution in [3.63, 3.8) is 0 Å². The van der Waals surface area contributed by atoms with Crippen LogP contribution in [0, 0.1) is 0 Å². The maximum absolute atomic E-state index is 6.12. The van der Waals surface area contributed by atoms with Crippen LogP contribution >= 0.6 is 0 Å². The first kappa shape index (κ1) is 23.5. The number of rotatable bonds is 13. The van der Waals surface area contributed by atoms with Crippen molar-refractivity contribution in [2.24, 2.45) is 4.99 Å². The quantitative estimate of drug-likeness (QED) is 0.258. The van der Waals surface area contributed by atoms with E-state index in [0.717, 1.165) is 16.7 Å². The second kappa shape index (κ2) is 13.3. The van der Waals surface area contributed by atoms with E-state index in [1.807, 2.05) is 92.7 Å². The van der Waals surface area contributed by atoms with E-state index in [-0.39, 0.29) is 6.29 Å². The highest BCUT2D eigenvalue weighted by Crippen LogP contribution is 2.29. The molecule has 168 valence electrons. The van der Waals surface area contributed by atoms with Crippen LogP contribution in [-0.4, -0.2) is 32.3 Å². The number of ether oxygens (including phenoxy) is 4. The minimum atomic E-state index is -0.330. The molecule has 0 aliphatic heterocycles. The Labute approximate surface area is 190 Å². The highest BCUT2D eigenvalue weighted by Gasteiger charge is 2.09. The first-order valence-electron chi connectivity index (χ1n) is 11.0. The van der Waals surface area contributed by atoms with Crippen LogP contribution in [-0.2, 0) is 22.7 Å². The van der Waals surface area contributed by atoms with Crippen molar-refractivity contribution in [3.8, 4) is 11.5 Å². The van der Waals surface area contributed by atoms with Gasteiger partial charge in [0.1, 0.15) is 13.2 Å². The molecule has 0 atom stereocenters. The predicted molar refractivity (Wildman–Crippen MR) is 127 cm³/mol. The second-order valence-corrected chi connectivity index (χ2v) is 7.09. The van der Waals surface area contributed by atoms with Crippen molar-refractivity contribution in [2.45, 2.75) is 33.4 Å². The molecular formula is C27H31NO4. The van der Waals surface area contributed by atoms with Crippen LogP contribution in [0.25, 0.3) is 0 Å². The van der Waals surface area contributed by atoms with E-state index >= 15 is 0 Å². The fourth-order valence-corrected chi connectivity index (χ4v) is 3.08. The largest absolute Gasteiger partial charge is 0.485 e. The van der Waals surface area contributed by atoms with E-state index in [1.54, 1.807) is 6.21 Å².